The molecule has 0 bridgehead atoms. The average Bonchev–Trinajstić information content (AvgIpc) is 3.11. The molecule has 1 aliphatic rings. The van der Waals surface area contributed by atoms with Crippen LogP contribution in [0.1, 0.15) is 30.3 Å². The number of aryl methyl sites for hydroxylation is 1. The van der Waals surface area contributed by atoms with E-state index in [1.807, 2.05) is 36.1 Å². The fraction of sp³-hybridized carbons (Fsp3) is 0.333. The Morgan fingerprint density at radius 1 is 1.45 bits per heavy atom. The molecule has 1 unspecified atom stereocenters. The molecule has 1 N–H and O–H groups in total. The van der Waals surface area contributed by atoms with Crippen molar-refractivity contribution in [3.8, 4) is 0 Å². The standard InChI is InChI=1S/C15H17N3O2/c1-11-6-7-12(10-16-11)17-15(19)18-8-2-4-13(18)14-5-3-9-20-14/h3,5-7,9-10,13H,2,4,8H2,1H3,(H,17,19). The van der Waals surface area contributed by atoms with Crippen LogP contribution in [0.3, 0.4) is 0 Å². The van der Waals surface area contributed by atoms with Crippen molar-refractivity contribution in [1.29, 1.82) is 0 Å². The molecule has 0 saturated carbocycles. The van der Waals surface area contributed by atoms with Gasteiger partial charge in [-0.3, -0.25) is 4.98 Å². The monoisotopic (exact) mass is 271 g/mol. The number of amides is 2. The first-order valence-corrected chi connectivity index (χ1v) is 6.78. The third-order valence-electron chi connectivity index (χ3n) is 3.55. The van der Waals surface area contributed by atoms with E-state index in [0.29, 0.717) is 5.69 Å². The highest BCUT2D eigenvalue weighted by atomic mass is 16.3. The zero-order chi connectivity index (χ0) is 13.9. The van der Waals surface area contributed by atoms with Crippen LogP contribution in [0.5, 0.6) is 0 Å². The van der Waals surface area contributed by atoms with Crippen molar-refractivity contribution in [3.63, 3.8) is 0 Å². The molecule has 2 amide bonds. The Labute approximate surface area is 117 Å². The molecule has 1 atom stereocenters. The summed E-state index contributed by atoms with van der Waals surface area (Å²) < 4.78 is 5.43. The Morgan fingerprint density at radius 3 is 3.05 bits per heavy atom. The lowest BCUT2D eigenvalue weighted by atomic mass is 10.2. The second-order valence-corrected chi connectivity index (χ2v) is 4.99. The number of hydrogen-bond donors (Lipinski definition) is 1. The maximum absolute atomic E-state index is 12.4. The molecule has 20 heavy (non-hydrogen) atoms. The summed E-state index contributed by atoms with van der Waals surface area (Å²) in [6, 6.07) is 7.44. The number of carbonyl (C=O) groups excluding carboxylic acids is 1. The van der Waals surface area contributed by atoms with Crippen LogP contribution in [0, 0.1) is 6.92 Å². The molecule has 0 radical (unpaired) electrons. The summed E-state index contributed by atoms with van der Waals surface area (Å²) in [4.78, 5) is 18.3. The van der Waals surface area contributed by atoms with Gasteiger partial charge >= 0.3 is 6.03 Å². The first-order chi connectivity index (χ1) is 9.74. The largest absolute Gasteiger partial charge is 0.467 e. The number of hydrogen-bond acceptors (Lipinski definition) is 3. The molecule has 0 spiro atoms. The molecule has 0 aromatic carbocycles. The number of pyridine rings is 1. The fourth-order valence-electron chi connectivity index (χ4n) is 2.52. The minimum absolute atomic E-state index is 0.0309. The van der Waals surface area contributed by atoms with Gasteiger partial charge in [-0.25, -0.2) is 4.79 Å². The summed E-state index contributed by atoms with van der Waals surface area (Å²) in [5.74, 6) is 0.847. The van der Waals surface area contributed by atoms with E-state index >= 15 is 0 Å². The molecule has 1 saturated heterocycles. The third kappa shape index (κ3) is 2.52. The van der Waals surface area contributed by atoms with Gasteiger partial charge in [-0.05, 0) is 44.0 Å². The Hall–Kier alpha value is -2.30. The number of carbonyl (C=O) groups is 1. The number of rotatable bonds is 2. The summed E-state index contributed by atoms with van der Waals surface area (Å²) in [5.41, 5.74) is 1.64. The van der Waals surface area contributed by atoms with E-state index in [2.05, 4.69) is 10.3 Å². The van der Waals surface area contributed by atoms with Crippen LogP contribution >= 0.6 is 0 Å². The Balaban J connectivity index is 1.71. The molecule has 2 aromatic rings. The summed E-state index contributed by atoms with van der Waals surface area (Å²) in [5, 5.41) is 2.89. The van der Waals surface area contributed by atoms with Crippen LogP contribution in [0.2, 0.25) is 0 Å². The van der Waals surface area contributed by atoms with Gasteiger partial charge in [-0.1, -0.05) is 0 Å². The normalized spacial score (nSPS) is 18.2. The third-order valence-corrected chi connectivity index (χ3v) is 3.55. The van der Waals surface area contributed by atoms with Crippen molar-refractivity contribution in [2.75, 3.05) is 11.9 Å². The molecule has 1 aliphatic heterocycles. The van der Waals surface area contributed by atoms with Gasteiger partial charge in [0.15, 0.2) is 0 Å². The van der Waals surface area contributed by atoms with Crippen molar-refractivity contribution in [2.45, 2.75) is 25.8 Å². The van der Waals surface area contributed by atoms with Crippen molar-refractivity contribution in [2.24, 2.45) is 0 Å². The molecule has 3 heterocycles. The van der Waals surface area contributed by atoms with Crippen LogP contribution in [-0.4, -0.2) is 22.5 Å². The van der Waals surface area contributed by atoms with Gasteiger partial charge in [-0.2, -0.15) is 0 Å². The van der Waals surface area contributed by atoms with Crippen LogP contribution in [0.25, 0.3) is 0 Å². The molecule has 5 heteroatoms. The topological polar surface area (TPSA) is 58.4 Å². The van der Waals surface area contributed by atoms with Crippen LogP contribution in [-0.2, 0) is 0 Å². The van der Waals surface area contributed by atoms with Gasteiger partial charge < -0.3 is 14.6 Å². The first-order valence-electron chi connectivity index (χ1n) is 6.78. The molecule has 3 rings (SSSR count). The number of nitrogens with zero attached hydrogens (tertiary/aromatic N) is 2. The zero-order valence-corrected chi connectivity index (χ0v) is 11.4. The molecule has 1 fully saturated rings. The van der Waals surface area contributed by atoms with Gasteiger partial charge in [0.05, 0.1) is 24.2 Å². The molecular weight excluding hydrogens is 254 g/mol. The number of furan rings is 1. The Bertz CT molecular complexity index is 578. The SMILES string of the molecule is Cc1ccc(NC(=O)N2CCCC2c2ccco2)cn1. The predicted molar refractivity (Wildman–Crippen MR) is 75.4 cm³/mol. The van der Waals surface area contributed by atoms with Gasteiger partial charge in [0, 0.05) is 12.2 Å². The van der Waals surface area contributed by atoms with E-state index in [-0.39, 0.29) is 12.1 Å². The van der Waals surface area contributed by atoms with Crippen LogP contribution in [0.4, 0.5) is 10.5 Å². The number of anilines is 1. The summed E-state index contributed by atoms with van der Waals surface area (Å²) >= 11 is 0. The minimum Gasteiger partial charge on any atom is -0.467 e. The zero-order valence-electron chi connectivity index (χ0n) is 11.4. The predicted octanol–water partition coefficient (Wildman–Crippen LogP) is 3.35. The molecule has 5 nitrogen and oxygen atoms in total. The molecule has 104 valence electrons. The van der Waals surface area contributed by atoms with E-state index in [1.165, 1.54) is 0 Å². The molecule has 2 aromatic heterocycles. The van der Waals surface area contributed by atoms with Crippen molar-refractivity contribution in [1.82, 2.24) is 9.88 Å². The second kappa shape index (κ2) is 5.36. The van der Waals surface area contributed by atoms with Gasteiger partial charge in [0.25, 0.3) is 0 Å². The lowest BCUT2D eigenvalue weighted by Crippen LogP contribution is -2.34. The highest BCUT2D eigenvalue weighted by Gasteiger charge is 2.31. The van der Waals surface area contributed by atoms with Gasteiger partial charge in [0.1, 0.15) is 5.76 Å². The summed E-state index contributed by atoms with van der Waals surface area (Å²) in [6.07, 6.45) is 5.25. The molecule has 0 aliphatic carbocycles. The molecular formula is C15H17N3O2. The van der Waals surface area contributed by atoms with E-state index in [4.69, 9.17) is 4.42 Å². The van der Waals surface area contributed by atoms with E-state index in [9.17, 15) is 4.79 Å². The minimum atomic E-state index is -0.102. The lowest BCUT2D eigenvalue weighted by molar-refractivity contribution is 0.200. The maximum Gasteiger partial charge on any atom is 0.322 e. The number of urea groups is 1. The Kier molecular flexibility index (Phi) is 3.41. The van der Waals surface area contributed by atoms with Crippen molar-refractivity contribution < 1.29 is 9.21 Å². The van der Waals surface area contributed by atoms with E-state index in [0.717, 1.165) is 30.8 Å². The van der Waals surface area contributed by atoms with Gasteiger partial charge in [0.2, 0.25) is 0 Å². The average molecular weight is 271 g/mol. The highest BCUT2D eigenvalue weighted by Crippen LogP contribution is 2.32. The van der Waals surface area contributed by atoms with Crippen molar-refractivity contribution >= 4 is 11.7 Å². The quantitative estimate of drug-likeness (QED) is 0.911. The van der Waals surface area contributed by atoms with Crippen molar-refractivity contribution in [3.05, 3.63) is 48.2 Å². The van der Waals surface area contributed by atoms with Crippen LogP contribution in [0.15, 0.2) is 41.1 Å². The number of likely N-dealkylation sites (tertiary alicyclic amines) is 1. The number of aromatic nitrogens is 1. The first kappa shape index (κ1) is 12.7. The smallest absolute Gasteiger partial charge is 0.322 e. The highest BCUT2D eigenvalue weighted by molar-refractivity contribution is 5.89. The maximum atomic E-state index is 12.4. The van der Waals surface area contributed by atoms with E-state index < -0.39 is 0 Å². The summed E-state index contributed by atoms with van der Waals surface area (Å²) in [7, 11) is 0. The number of nitrogens with one attached hydrogen (secondary N) is 1. The fourth-order valence-corrected chi connectivity index (χ4v) is 2.52. The Morgan fingerprint density at radius 2 is 2.35 bits per heavy atom. The van der Waals surface area contributed by atoms with Crippen LogP contribution < -0.4 is 5.32 Å². The lowest BCUT2D eigenvalue weighted by Gasteiger charge is -2.23. The second-order valence-electron chi connectivity index (χ2n) is 4.99. The summed E-state index contributed by atoms with van der Waals surface area (Å²) in [6.45, 7) is 2.66. The van der Waals surface area contributed by atoms with E-state index in [1.54, 1.807) is 12.5 Å². The van der Waals surface area contributed by atoms with Gasteiger partial charge in [-0.15, -0.1) is 0 Å².